The molecule has 0 spiro atoms. The molecule has 2 rings (SSSR count). The van der Waals surface area contributed by atoms with E-state index >= 15 is 0 Å². The van der Waals surface area contributed by atoms with Crippen LogP contribution >= 0.6 is 0 Å². The van der Waals surface area contributed by atoms with Crippen LogP contribution in [-0.2, 0) is 9.53 Å². The van der Waals surface area contributed by atoms with Crippen molar-refractivity contribution in [3.63, 3.8) is 0 Å². The number of carbonyl (C=O) groups is 1. The molecule has 4 nitrogen and oxygen atoms in total. The van der Waals surface area contributed by atoms with E-state index in [1.54, 1.807) is 6.08 Å². The molecule has 168 valence electrons. The van der Waals surface area contributed by atoms with Crippen LogP contribution in [0.2, 0.25) is 0 Å². The molecule has 0 aromatic rings. The molecule has 1 saturated heterocycles. The van der Waals surface area contributed by atoms with Crippen LogP contribution in [0, 0.1) is 23.7 Å². The van der Waals surface area contributed by atoms with Crippen LogP contribution in [0.15, 0.2) is 12.2 Å². The van der Waals surface area contributed by atoms with Crippen LogP contribution in [0.4, 0.5) is 13.2 Å². The molecule has 1 aliphatic carbocycles. The van der Waals surface area contributed by atoms with E-state index in [1.807, 2.05) is 13.8 Å². The van der Waals surface area contributed by atoms with Crippen molar-refractivity contribution in [1.82, 2.24) is 0 Å². The maximum atomic E-state index is 13.2. The quantitative estimate of drug-likeness (QED) is 0.443. The first-order chi connectivity index (χ1) is 13.6. The maximum absolute atomic E-state index is 13.2. The number of allylic oxidation sites excluding steroid dienone is 1. The number of alkyl halides is 3. The Hall–Kier alpha value is -1.08. The van der Waals surface area contributed by atoms with Crippen molar-refractivity contribution in [3.8, 4) is 0 Å². The largest absolute Gasteiger partial charge is 0.481 e. The van der Waals surface area contributed by atoms with Crippen LogP contribution in [0.3, 0.4) is 0 Å². The van der Waals surface area contributed by atoms with Crippen molar-refractivity contribution in [2.24, 2.45) is 23.7 Å². The molecule has 1 unspecified atom stereocenters. The van der Waals surface area contributed by atoms with Crippen LogP contribution < -0.4 is 0 Å². The summed E-state index contributed by atoms with van der Waals surface area (Å²) in [5.74, 6) is -1.99. The van der Waals surface area contributed by atoms with E-state index in [1.165, 1.54) is 6.08 Å². The zero-order valence-electron chi connectivity index (χ0n) is 17.4. The van der Waals surface area contributed by atoms with E-state index in [0.717, 1.165) is 32.1 Å². The molecule has 2 fully saturated rings. The smallest absolute Gasteiger partial charge is 0.394 e. The number of carboxylic acid groups (broad SMARTS) is 1. The van der Waals surface area contributed by atoms with E-state index in [9.17, 15) is 23.1 Å². The Morgan fingerprint density at radius 3 is 2.62 bits per heavy atom. The summed E-state index contributed by atoms with van der Waals surface area (Å²) in [6.07, 6.45) is 2.86. The highest BCUT2D eigenvalue weighted by atomic mass is 19.4. The first kappa shape index (κ1) is 24.2. The van der Waals surface area contributed by atoms with E-state index < -0.39 is 24.2 Å². The van der Waals surface area contributed by atoms with E-state index in [4.69, 9.17) is 9.84 Å². The molecule has 1 aliphatic heterocycles. The van der Waals surface area contributed by atoms with Crippen molar-refractivity contribution in [1.29, 1.82) is 0 Å². The molecule has 0 amide bonds. The monoisotopic (exact) mass is 420 g/mol. The van der Waals surface area contributed by atoms with Crippen molar-refractivity contribution in [2.45, 2.75) is 96.1 Å². The lowest BCUT2D eigenvalue weighted by Gasteiger charge is -2.24. The molecule has 29 heavy (non-hydrogen) atoms. The van der Waals surface area contributed by atoms with Crippen molar-refractivity contribution in [2.75, 3.05) is 0 Å². The van der Waals surface area contributed by atoms with Gasteiger partial charge >= 0.3 is 12.1 Å². The van der Waals surface area contributed by atoms with Crippen LogP contribution in [-0.4, -0.2) is 40.7 Å². The number of aliphatic carboxylic acids is 1. The van der Waals surface area contributed by atoms with Gasteiger partial charge < -0.3 is 14.9 Å². The summed E-state index contributed by atoms with van der Waals surface area (Å²) in [6, 6.07) is 0. The molecule has 0 aromatic carbocycles. The SMILES string of the molecule is CCCC[C@H]([C@H](O)C=C[C@H]1CC[C@@H]2O[C@@H](CCC(C)CC(=O)O)C[C@@H]21)C(F)(F)F. The predicted molar refractivity (Wildman–Crippen MR) is 104 cm³/mol. The number of hydrogen-bond acceptors (Lipinski definition) is 3. The minimum atomic E-state index is -4.40. The lowest BCUT2D eigenvalue weighted by atomic mass is 9.88. The van der Waals surface area contributed by atoms with Gasteiger partial charge in [0.05, 0.1) is 24.2 Å². The summed E-state index contributed by atoms with van der Waals surface area (Å²) >= 11 is 0. The number of halogens is 3. The van der Waals surface area contributed by atoms with Crippen LogP contribution in [0.1, 0.15) is 71.6 Å². The summed E-state index contributed by atoms with van der Waals surface area (Å²) < 4.78 is 45.8. The normalized spacial score (nSPS) is 30.4. The van der Waals surface area contributed by atoms with Crippen molar-refractivity contribution in [3.05, 3.63) is 12.2 Å². The highest BCUT2D eigenvalue weighted by Gasteiger charge is 2.45. The summed E-state index contributed by atoms with van der Waals surface area (Å²) in [4.78, 5) is 10.8. The zero-order chi connectivity index (χ0) is 21.6. The highest BCUT2D eigenvalue weighted by Crippen LogP contribution is 2.45. The fraction of sp³-hybridized carbons (Fsp3) is 0.864. The van der Waals surface area contributed by atoms with Gasteiger partial charge in [0.2, 0.25) is 0 Å². The molecular formula is C22H35F3O4. The van der Waals surface area contributed by atoms with Gasteiger partial charge in [0.25, 0.3) is 0 Å². The minimum absolute atomic E-state index is 0.0536. The Morgan fingerprint density at radius 1 is 1.28 bits per heavy atom. The number of aliphatic hydroxyl groups excluding tert-OH is 1. The molecule has 1 heterocycles. The maximum Gasteiger partial charge on any atom is 0.394 e. The fourth-order valence-corrected chi connectivity index (χ4v) is 4.80. The fourth-order valence-electron chi connectivity index (χ4n) is 4.80. The van der Waals surface area contributed by atoms with E-state index in [-0.39, 0.29) is 42.8 Å². The van der Waals surface area contributed by atoms with Gasteiger partial charge in [0.15, 0.2) is 0 Å². The van der Waals surface area contributed by atoms with Gasteiger partial charge in [0.1, 0.15) is 0 Å². The molecular weight excluding hydrogens is 385 g/mol. The lowest BCUT2D eigenvalue weighted by molar-refractivity contribution is -0.195. The molecule has 7 atom stereocenters. The number of rotatable bonds is 11. The first-order valence-corrected chi connectivity index (χ1v) is 10.9. The summed E-state index contributed by atoms with van der Waals surface area (Å²) in [5.41, 5.74) is 0. The Balaban J connectivity index is 1.86. The summed E-state index contributed by atoms with van der Waals surface area (Å²) in [5, 5.41) is 19.0. The van der Waals surface area contributed by atoms with Crippen molar-refractivity contribution < 1.29 is 32.9 Å². The molecule has 0 radical (unpaired) electrons. The average molecular weight is 421 g/mol. The zero-order valence-corrected chi connectivity index (χ0v) is 17.4. The third-order valence-electron chi connectivity index (χ3n) is 6.48. The van der Waals surface area contributed by atoms with Crippen LogP contribution in [0.5, 0.6) is 0 Å². The Labute approximate surface area is 171 Å². The molecule has 2 N–H and O–H groups in total. The second-order valence-corrected chi connectivity index (χ2v) is 8.88. The van der Waals surface area contributed by atoms with Crippen LogP contribution in [0.25, 0.3) is 0 Å². The number of fused-ring (bicyclic) bond motifs is 1. The van der Waals surface area contributed by atoms with Gasteiger partial charge in [-0.15, -0.1) is 0 Å². The second kappa shape index (κ2) is 10.8. The van der Waals surface area contributed by atoms with Gasteiger partial charge in [-0.2, -0.15) is 13.2 Å². The lowest BCUT2D eigenvalue weighted by Crippen LogP contribution is -2.33. The molecule has 1 saturated carbocycles. The third kappa shape index (κ3) is 7.28. The number of ether oxygens (including phenoxy) is 1. The predicted octanol–water partition coefficient (Wildman–Crippen LogP) is 5.35. The number of aliphatic hydroxyl groups is 1. The molecule has 0 aromatic heterocycles. The minimum Gasteiger partial charge on any atom is -0.481 e. The Bertz CT molecular complexity index is 549. The number of hydrogen-bond donors (Lipinski definition) is 2. The molecule has 7 heteroatoms. The molecule has 0 bridgehead atoms. The number of carboxylic acids is 1. The Kier molecular flexibility index (Phi) is 9.01. The first-order valence-electron chi connectivity index (χ1n) is 10.9. The van der Waals surface area contributed by atoms with Gasteiger partial charge in [-0.25, -0.2) is 0 Å². The number of unbranched alkanes of at least 4 members (excludes halogenated alkanes) is 1. The summed E-state index contributed by atoms with van der Waals surface area (Å²) in [7, 11) is 0. The Morgan fingerprint density at radius 2 is 2.00 bits per heavy atom. The van der Waals surface area contributed by atoms with Gasteiger partial charge in [-0.3, -0.25) is 4.79 Å². The van der Waals surface area contributed by atoms with E-state index in [0.29, 0.717) is 12.8 Å². The third-order valence-corrected chi connectivity index (χ3v) is 6.48. The average Bonchev–Trinajstić information content (AvgIpc) is 3.17. The standard InChI is InChI=1S/C22H35F3O4/c1-3-4-5-18(22(23,24)25)19(26)10-7-15-8-11-20-17(15)13-16(29-20)9-6-14(2)12-21(27)28/h7,10,14-20,26H,3-6,8-9,11-13H2,1-2H3,(H,27,28)/t14?,15-,16-,17+,18+,19+,20-/m0/s1. The van der Waals surface area contributed by atoms with Gasteiger partial charge in [0, 0.05) is 6.42 Å². The molecule has 2 aliphatic rings. The van der Waals surface area contributed by atoms with Gasteiger partial charge in [-0.1, -0.05) is 38.8 Å². The topological polar surface area (TPSA) is 66.8 Å². The van der Waals surface area contributed by atoms with Gasteiger partial charge in [-0.05, 0) is 56.3 Å². The van der Waals surface area contributed by atoms with E-state index in [2.05, 4.69) is 0 Å². The van der Waals surface area contributed by atoms with Crippen molar-refractivity contribution >= 4 is 5.97 Å². The second-order valence-electron chi connectivity index (χ2n) is 8.88. The summed E-state index contributed by atoms with van der Waals surface area (Å²) in [6.45, 7) is 3.76. The highest BCUT2D eigenvalue weighted by molar-refractivity contribution is 5.66.